The number of hydrogen-bond donors (Lipinski definition) is 1. The van der Waals surface area contributed by atoms with Gasteiger partial charge in [-0.25, -0.2) is 4.98 Å². The van der Waals surface area contributed by atoms with E-state index >= 15 is 0 Å². The van der Waals surface area contributed by atoms with Crippen LogP contribution in [-0.4, -0.2) is 64.6 Å². The molecule has 0 saturated carbocycles. The Bertz CT molecular complexity index is 881. The molecule has 1 amide bonds. The molecule has 2 fully saturated rings. The van der Waals surface area contributed by atoms with E-state index in [-0.39, 0.29) is 11.5 Å². The van der Waals surface area contributed by atoms with Crippen molar-refractivity contribution >= 4 is 5.91 Å². The maximum absolute atomic E-state index is 12.9. The molecule has 7 nitrogen and oxygen atoms in total. The number of allylic oxidation sites excluding steroid dienone is 2. The summed E-state index contributed by atoms with van der Waals surface area (Å²) in [4.78, 5) is 38.0. The lowest BCUT2D eigenvalue weighted by molar-refractivity contribution is -0.132. The number of carbonyl (C=O) groups excluding carboxylic acids is 1. The van der Waals surface area contributed by atoms with Crippen LogP contribution in [0.4, 0.5) is 0 Å². The summed E-state index contributed by atoms with van der Waals surface area (Å²) in [6.45, 7) is 4.94. The Morgan fingerprint density at radius 1 is 1.13 bits per heavy atom. The van der Waals surface area contributed by atoms with Crippen molar-refractivity contribution in [1.29, 1.82) is 0 Å². The average molecular weight is 427 g/mol. The van der Waals surface area contributed by atoms with E-state index in [1.165, 1.54) is 0 Å². The molecule has 1 aliphatic carbocycles. The fraction of sp³-hybridized carbons (Fsp3) is 0.708. The van der Waals surface area contributed by atoms with Crippen molar-refractivity contribution in [1.82, 2.24) is 19.8 Å². The van der Waals surface area contributed by atoms with Crippen molar-refractivity contribution in [2.24, 2.45) is 5.92 Å². The number of H-pyrrole nitrogens is 1. The maximum atomic E-state index is 12.9. The second-order valence-electron chi connectivity index (χ2n) is 9.57. The van der Waals surface area contributed by atoms with E-state index in [4.69, 9.17) is 9.72 Å². The van der Waals surface area contributed by atoms with Gasteiger partial charge in [0.25, 0.3) is 5.56 Å². The van der Waals surface area contributed by atoms with Crippen molar-refractivity contribution in [2.45, 2.75) is 69.9 Å². The van der Waals surface area contributed by atoms with Gasteiger partial charge in [-0.05, 0) is 57.5 Å². The number of amides is 1. The molecule has 1 atom stereocenters. The number of ether oxygens (including phenoxy) is 1. The molecule has 0 radical (unpaired) electrons. The fourth-order valence-electron chi connectivity index (χ4n) is 5.66. The van der Waals surface area contributed by atoms with Gasteiger partial charge in [-0.1, -0.05) is 12.2 Å². The van der Waals surface area contributed by atoms with Crippen molar-refractivity contribution in [3.8, 4) is 0 Å². The van der Waals surface area contributed by atoms with E-state index in [0.29, 0.717) is 49.4 Å². The van der Waals surface area contributed by atoms with E-state index in [1.54, 1.807) is 0 Å². The molecule has 1 aromatic heterocycles. The third-order valence-electron chi connectivity index (χ3n) is 7.61. The topological polar surface area (TPSA) is 78.5 Å². The number of aromatic amines is 1. The van der Waals surface area contributed by atoms with E-state index < -0.39 is 0 Å². The average Bonchev–Trinajstić information content (AvgIpc) is 3.32. The van der Waals surface area contributed by atoms with Gasteiger partial charge in [0.2, 0.25) is 5.91 Å². The number of nitrogens with zero attached hydrogens (tertiary/aromatic N) is 3. The summed E-state index contributed by atoms with van der Waals surface area (Å²) in [6, 6.07) is 0.647. The first-order chi connectivity index (χ1) is 15.2. The minimum absolute atomic E-state index is 0.0508. The molecule has 31 heavy (non-hydrogen) atoms. The number of carbonyl (C=O) groups is 1. The molecule has 5 rings (SSSR count). The van der Waals surface area contributed by atoms with Crippen LogP contribution < -0.4 is 5.56 Å². The Labute approximate surface area is 183 Å². The summed E-state index contributed by atoms with van der Waals surface area (Å²) >= 11 is 0. The largest absolute Gasteiger partial charge is 0.381 e. The first-order valence-corrected chi connectivity index (χ1v) is 12.1. The molecular formula is C24H34N4O3. The van der Waals surface area contributed by atoms with Gasteiger partial charge in [0.05, 0.1) is 17.8 Å². The Kier molecular flexibility index (Phi) is 6.23. The highest BCUT2D eigenvalue weighted by Gasteiger charge is 2.30. The number of piperidine rings is 1. The van der Waals surface area contributed by atoms with Crippen LogP contribution in [0.3, 0.4) is 0 Å². The van der Waals surface area contributed by atoms with Crippen molar-refractivity contribution in [3.05, 3.63) is 39.6 Å². The van der Waals surface area contributed by atoms with E-state index in [9.17, 15) is 9.59 Å². The Morgan fingerprint density at radius 3 is 2.68 bits per heavy atom. The van der Waals surface area contributed by atoms with Gasteiger partial charge in [-0.15, -0.1) is 0 Å². The van der Waals surface area contributed by atoms with E-state index in [2.05, 4.69) is 22.0 Å². The smallest absolute Gasteiger partial charge is 0.256 e. The third-order valence-corrected chi connectivity index (χ3v) is 7.61. The summed E-state index contributed by atoms with van der Waals surface area (Å²) < 4.78 is 5.50. The first kappa shape index (κ1) is 20.9. The normalized spacial score (nSPS) is 25.7. The predicted molar refractivity (Wildman–Crippen MR) is 118 cm³/mol. The van der Waals surface area contributed by atoms with Crippen LogP contribution in [0.1, 0.15) is 67.9 Å². The monoisotopic (exact) mass is 426 g/mol. The van der Waals surface area contributed by atoms with Gasteiger partial charge >= 0.3 is 0 Å². The molecule has 0 spiro atoms. The van der Waals surface area contributed by atoms with Crippen LogP contribution in [0.15, 0.2) is 16.9 Å². The Hall–Kier alpha value is -1.99. The Balaban J connectivity index is 1.21. The zero-order chi connectivity index (χ0) is 21.2. The molecule has 0 unspecified atom stereocenters. The van der Waals surface area contributed by atoms with Gasteiger partial charge in [0.1, 0.15) is 5.82 Å². The summed E-state index contributed by atoms with van der Waals surface area (Å²) in [5.41, 5.74) is 1.53. The van der Waals surface area contributed by atoms with Crippen molar-refractivity contribution in [2.75, 3.05) is 32.8 Å². The van der Waals surface area contributed by atoms with Crippen LogP contribution in [-0.2, 0) is 22.5 Å². The minimum atomic E-state index is -0.0508. The first-order valence-electron chi connectivity index (χ1n) is 12.1. The molecule has 7 heteroatoms. The summed E-state index contributed by atoms with van der Waals surface area (Å²) in [6.07, 6.45) is 12.0. The number of likely N-dealkylation sites (tertiary alicyclic amines) is 1. The van der Waals surface area contributed by atoms with Crippen LogP contribution in [0, 0.1) is 5.92 Å². The molecule has 4 aliphatic rings. The summed E-state index contributed by atoms with van der Waals surface area (Å²) in [5, 5.41) is 0. The summed E-state index contributed by atoms with van der Waals surface area (Å²) in [7, 11) is 0. The molecule has 168 valence electrons. The molecule has 0 aromatic carbocycles. The number of aromatic nitrogens is 2. The van der Waals surface area contributed by atoms with E-state index in [0.717, 1.165) is 76.3 Å². The standard InChI is InChI=1S/C24H34N4O3/c29-22(15-17-3-1-2-4-17)28-12-7-21-20(16-28)24(30)26-23(25-21)18-5-10-27(11-6-18)19-8-13-31-14-9-19/h1,3,17-19H,2,4-16H2,(H,25,26,30)/t17-/m1/s1. The number of nitrogens with one attached hydrogen (secondary N) is 1. The van der Waals surface area contributed by atoms with Gasteiger partial charge in [0.15, 0.2) is 0 Å². The highest BCUT2D eigenvalue weighted by molar-refractivity contribution is 5.77. The number of hydrogen-bond acceptors (Lipinski definition) is 5. The van der Waals surface area contributed by atoms with Gasteiger partial charge in [-0.2, -0.15) is 0 Å². The number of rotatable bonds is 4. The van der Waals surface area contributed by atoms with Crippen LogP contribution in [0.2, 0.25) is 0 Å². The zero-order valence-electron chi connectivity index (χ0n) is 18.4. The van der Waals surface area contributed by atoms with Gasteiger partial charge < -0.3 is 19.5 Å². The second kappa shape index (κ2) is 9.25. The van der Waals surface area contributed by atoms with Crippen LogP contribution >= 0.6 is 0 Å². The molecular weight excluding hydrogens is 392 g/mol. The minimum Gasteiger partial charge on any atom is -0.381 e. The maximum Gasteiger partial charge on any atom is 0.256 e. The molecule has 1 N–H and O–H groups in total. The lowest BCUT2D eigenvalue weighted by Crippen LogP contribution is -2.44. The quantitative estimate of drug-likeness (QED) is 0.748. The second-order valence-corrected chi connectivity index (χ2v) is 9.57. The van der Waals surface area contributed by atoms with Crippen LogP contribution in [0.5, 0.6) is 0 Å². The van der Waals surface area contributed by atoms with E-state index in [1.807, 2.05) is 4.90 Å². The van der Waals surface area contributed by atoms with Gasteiger partial charge in [0, 0.05) is 44.6 Å². The van der Waals surface area contributed by atoms with Crippen molar-refractivity contribution in [3.63, 3.8) is 0 Å². The molecule has 0 bridgehead atoms. The van der Waals surface area contributed by atoms with Crippen molar-refractivity contribution < 1.29 is 9.53 Å². The zero-order valence-corrected chi connectivity index (χ0v) is 18.4. The SMILES string of the molecule is O=C(C[C@@H]1C=CCC1)N1CCc2nc(C3CCN(C4CCOCC4)CC3)[nH]c(=O)c2C1. The fourth-order valence-corrected chi connectivity index (χ4v) is 5.66. The molecule has 4 heterocycles. The molecule has 2 saturated heterocycles. The highest BCUT2D eigenvalue weighted by atomic mass is 16.5. The molecule has 3 aliphatic heterocycles. The predicted octanol–water partition coefficient (Wildman–Crippen LogP) is 2.37. The lowest BCUT2D eigenvalue weighted by atomic mass is 9.93. The third kappa shape index (κ3) is 4.62. The number of fused-ring (bicyclic) bond motifs is 1. The Morgan fingerprint density at radius 2 is 1.94 bits per heavy atom. The summed E-state index contributed by atoms with van der Waals surface area (Å²) in [5.74, 6) is 1.69. The van der Waals surface area contributed by atoms with Crippen LogP contribution in [0.25, 0.3) is 0 Å². The molecule has 1 aromatic rings. The lowest BCUT2D eigenvalue weighted by Gasteiger charge is -2.39. The highest BCUT2D eigenvalue weighted by Crippen LogP contribution is 2.29. The van der Waals surface area contributed by atoms with Gasteiger partial charge in [-0.3, -0.25) is 9.59 Å².